The van der Waals surface area contributed by atoms with E-state index in [9.17, 15) is 58.7 Å². The Morgan fingerprint density at radius 1 is 0.556 bits per heavy atom. The number of fused-ring (bicyclic) bond motifs is 2. The number of carboxylic acid groups (broad SMARTS) is 1. The fourth-order valence-electron chi connectivity index (χ4n) is 11.1. The van der Waals surface area contributed by atoms with Gasteiger partial charge in [-0.1, -0.05) is 143 Å². The molecule has 19 nitrogen and oxygen atoms in total. The first-order chi connectivity index (χ1) is 42.8. The Morgan fingerprint density at radius 2 is 0.878 bits per heavy atom. The lowest BCUT2D eigenvalue weighted by molar-refractivity contribution is -0.148. The van der Waals surface area contributed by atoms with Gasteiger partial charge in [-0.3, -0.25) is 14.4 Å². The summed E-state index contributed by atoms with van der Waals surface area (Å²) in [5.74, 6) is -7.78. The highest BCUT2D eigenvalue weighted by atomic mass is 32.2. The maximum atomic E-state index is 14.4. The first-order valence-electron chi connectivity index (χ1n) is 29.5. The molecule has 0 unspecified atom stereocenters. The van der Waals surface area contributed by atoms with Gasteiger partial charge in [0.1, 0.15) is 23.6 Å². The van der Waals surface area contributed by atoms with Gasteiger partial charge in [-0.15, -0.1) is 0 Å². The molecule has 2 fully saturated rings. The molecule has 2 saturated heterocycles. The Kier molecular flexibility index (Phi) is 24.3. The molecule has 6 aromatic rings. The number of ether oxygens (including phenoxy) is 2. The van der Waals surface area contributed by atoms with E-state index in [0.29, 0.717) is 61.9 Å². The number of aliphatic carboxylic acids is 1. The van der Waals surface area contributed by atoms with Gasteiger partial charge in [-0.2, -0.15) is 29.8 Å². The first-order valence-corrected chi connectivity index (χ1v) is 31.6. The van der Waals surface area contributed by atoms with Crippen molar-refractivity contribution in [2.75, 3.05) is 91.5 Å². The second-order valence-corrected chi connectivity index (χ2v) is 26.0. The van der Waals surface area contributed by atoms with Crippen molar-refractivity contribution in [3.05, 3.63) is 191 Å². The van der Waals surface area contributed by atoms with Crippen LogP contribution in [0, 0.1) is 23.3 Å². The van der Waals surface area contributed by atoms with E-state index in [-0.39, 0.29) is 63.3 Å². The fraction of sp³-hybridized carbons (Fsp3) is 0.385. The Balaban J connectivity index is 0.000000245. The van der Waals surface area contributed by atoms with Crippen molar-refractivity contribution < 1.29 is 69.5 Å². The standard InChI is InChI=1S/C30H32F2N4O5S.C28H26F2N2O4.C4H12N2O2S.C2H6.CH4/c1-34(2)42(39,40)33-29(37)26-16-22(35-14-9-15-41-27-18-24(32)23(31)17-25(27)35)19-36(26)30(38)28(20-10-5-3-6-11-20)21-12-7-4-8-13-21;29-21-15-23-25(16-22(21)30)36-13-7-12-31(23)20-14-24(28(34)35)32(17-20)27(33)26(18-8-3-1-4-9-18)19-10-5-2-6-11-19;1-5(2)9(7,8)6(3)4;1-2;/h3-8,10-13,17-18,22,26,28H,9,14-16,19H2,1-2H3,(H,33,37);1-6,8-11,15-16,20,24,26H,7,12-14,17H2,(H,34,35);1-4H3;1-2H3;1H4/t22-,26-;20-,24-;;;/m00.../s1/i;;;1D;. The van der Waals surface area contributed by atoms with Crippen LogP contribution in [0.1, 0.15) is 82.4 Å². The molecule has 4 atom stereocenters. The third-order valence-corrected chi connectivity index (χ3v) is 18.7. The number of nitrogens with zero attached hydrogens (tertiary/aromatic N) is 7. The van der Waals surface area contributed by atoms with Crippen LogP contribution in [0.15, 0.2) is 146 Å². The zero-order chi connectivity index (χ0) is 65.6. The lowest BCUT2D eigenvalue weighted by atomic mass is 9.90. The summed E-state index contributed by atoms with van der Waals surface area (Å²) in [5.41, 5.74) is 3.65. The van der Waals surface area contributed by atoms with Gasteiger partial charge in [0, 0.05) is 113 Å². The van der Waals surface area contributed by atoms with Crippen molar-refractivity contribution in [3.63, 3.8) is 0 Å². The molecule has 10 rings (SSSR count). The number of carboxylic acids is 1. The number of hydrogen-bond acceptors (Lipinski definition) is 12. The second kappa shape index (κ2) is 31.6. The van der Waals surface area contributed by atoms with Gasteiger partial charge < -0.3 is 34.2 Å². The maximum Gasteiger partial charge on any atom is 0.326 e. The number of nitrogens with one attached hydrogen (secondary N) is 1. The molecule has 4 heterocycles. The van der Waals surface area contributed by atoms with Gasteiger partial charge in [0.2, 0.25) is 11.8 Å². The van der Waals surface area contributed by atoms with Crippen LogP contribution >= 0.6 is 0 Å². The molecule has 0 radical (unpaired) electrons. The number of benzene rings is 6. The Labute approximate surface area is 527 Å². The minimum atomic E-state index is -4.14. The molecule has 0 spiro atoms. The van der Waals surface area contributed by atoms with Crippen molar-refractivity contribution in [1.82, 2.24) is 27.4 Å². The third kappa shape index (κ3) is 16.6. The molecular formula is C65H80F4N8O11S2. The quantitative estimate of drug-likeness (QED) is 0.0979. The monoisotopic (exact) mass is 1290 g/mol. The normalized spacial score (nSPS) is 18.2. The van der Waals surface area contributed by atoms with E-state index < -0.39 is 91.6 Å². The van der Waals surface area contributed by atoms with E-state index in [1.54, 1.807) is 6.92 Å². The Bertz CT molecular complexity index is 3560. The first kappa shape index (κ1) is 69.4. The van der Waals surface area contributed by atoms with E-state index in [1.807, 2.05) is 131 Å². The highest BCUT2D eigenvalue weighted by molar-refractivity contribution is 7.87. The summed E-state index contributed by atoms with van der Waals surface area (Å²) < 4.78 is 126. The maximum absolute atomic E-state index is 14.4. The summed E-state index contributed by atoms with van der Waals surface area (Å²) in [6.45, 7) is 3.96. The summed E-state index contributed by atoms with van der Waals surface area (Å²) in [4.78, 5) is 60.8. The number of carbonyl (C=O) groups excluding carboxylic acids is 3. The van der Waals surface area contributed by atoms with Crippen molar-refractivity contribution in [2.45, 2.75) is 82.9 Å². The molecule has 486 valence electrons. The zero-order valence-corrected chi connectivity index (χ0v) is 52.2. The largest absolute Gasteiger partial charge is 0.491 e. The molecule has 0 bridgehead atoms. The summed E-state index contributed by atoms with van der Waals surface area (Å²) in [7, 11) is 1.27. The van der Waals surface area contributed by atoms with Gasteiger partial charge in [0.25, 0.3) is 16.1 Å². The summed E-state index contributed by atoms with van der Waals surface area (Å²) in [6.07, 6.45) is 1.35. The molecular weight excluding hydrogens is 1210 g/mol. The van der Waals surface area contributed by atoms with E-state index in [4.69, 9.17) is 10.8 Å². The molecule has 3 amide bonds. The van der Waals surface area contributed by atoms with Crippen LogP contribution < -0.4 is 24.0 Å². The van der Waals surface area contributed by atoms with Gasteiger partial charge >= 0.3 is 16.2 Å². The lowest BCUT2D eigenvalue weighted by Gasteiger charge is -2.31. The number of amides is 3. The van der Waals surface area contributed by atoms with Gasteiger partial charge in [0.15, 0.2) is 23.3 Å². The predicted molar refractivity (Wildman–Crippen MR) is 338 cm³/mol. The third-order valence-electron chi connectivity index (χ3n) is 15.5. The Morgan fingerprint density at radius 3 is 1.19 bits per heavy atom. The highest BCUT2D eigenvalue weighted by Gasteiger charge is 2.47. The molecule has 90 heavy (non-hydrogen) atoms. The highest BCUT2D eigenvalue weighted by Crippen LogP contribution is 2.41. The van der Waals surface area contributed by atoms with Crippen molar-refractivity contribution >= 4 is 55.5 Å². The fourth-order valence-corrected chi connectivity index (χ4v) is 12.3. The zero-order valence-electron chi connectivity index (χ0n) is 51.6. The lowest BCUT2D eigenvalue weighted by Crippen LogP contribution is -2.51. The van der Waals surface area contributed by atoms with Gasteiger partial charge in [-0.25, -0.2) is 27.1 Å². The van der Waals surface area contributed by atoms with Crippen LogP contribution in [0.3, 0.4) is 0 Å². The Hall–Kier alpha value is -8.10. The van der Waals surface area contributed by atoms with Crippen molar-refractivity contribution in [1.29, 1.82) is 0 Å². The number of anilines is 2. The van der Waals surface area contributed by atoms with Crippen LogP contribution in [-0.4, -0.2) is 174 Å². The van der Waals surface area contributed by atoms with Crippen LogP contribution in [0.2, 0.25) is 0 Å². The summed E-state index contributed by atoms with van der Waals surface area (Å²) in [6, 6.07) is 37.9. The molecule has 6 aromatic carbocycles. The molecule has 0 aliphatic carbocycles. The van der Waals surface area contributed by atoms with E-state index in [0.717, 1.165) is 48.3 Å². The van der Waals surface area contributed by atoms with E-state index >= 15 is 0 Å². The minimum Gasteiger partial charge on any atom is -0.491 e. The summed E-state index contributed by atoms with van der Waals surface area (Å²) >= 11 is 0. The topological polar surface area (TPSA) is 210 Å². The van der Waals surface area contributed by atoms with E-state index in [1.165, 1.54) is 52.1 Å². The molecule has 4 aliphatic rings. The number of carbonyl (C=O) groups is 4. The number of hydrogen-bond donors (Lipinski definition) is 2. The molecule has 2 N–H and O–H groups in total. The van der Waals surface area contributed by atoms with Crippen LogP contribution in [0.5, 0.6) is 11.5 Å². The van der Waals surface area contributed by atoms with Crippen molar-refractivity contribution in [3.8, 4) is 11.5 Å². The number of rotatable bonds is 14. The van der Waals surface area contributed by atoms with E-state index in [2.05, 4.69) is 4.72 Å². The van der Waals surface area contributed by atoms with Crippen molar-refractivity contribution in [2.24, 2.45) is 0 Å². The van der Waals surface area contributed by atoms with Crippen LogP contribution in [0.25, 0.3) is 0 Å². The summed E-state index contributed by atoms with van der Waals surface area (Å²) in [5, 5.41) is 10.1. The van der Waals surface area contributed by atoms with Crippen LogP contribution in [-0.2, 0) is 39.6 Å². The minimum absolute atomic E-state index is 0. The smallest absolute Gasteiger partial charge is 0.326 e. The predicted octanol–water partition coefficient (Wildman–Crippen LogP) is 8.73. The molecule has 25 heteroatoms. The molecule has 0 saturated carbocycles. The SMILES string of the molecule is C.CN(C)S(=O)(=O)N(C)C.CN(C)S(=O)(=O)NC(=O)[C@@H]1C[C@H](N2CCCOc3cc(F)c(F)cc32)CN1C(=O)C(c1ccccc1)c1ccccc1.O=C(O)[C@@H]1C[C@H](N2CCCOc3cc(F)c(F)cc32)CN1C(=O)C(c1ccccc1)c1ccccc1.[2H]CC. The average molecular weight is 1290 g/mol. The molecule has 4 aliphatic heterocycles. The average Bonchev–Trinajstić information content (AvgIpc) is 1.70. The van der Waals surface area contributed by atoms with Crippen LogP contribution in [0.4, 0.5) is 28.9 Å². The van der Waals surface area contributed by atoms with Gasteiger partial charge in [-0.05, 0) is 41.5 Å². The number of halogens is 4. The molecule has 0 aromatic heterocycles. The number of likely N-dealkylation sites (tertiary alicyclic amines) is 2. The van der Waals surface area contributed by atoms with Gasteiger partial charge in [0.05, 0.1) is 36.4 Å². The second-order valence-electron chi connectivity index (χ2n) is 21.7.